The maximum atomic E-state index is 12.9. The summed E-state index contributed by atoms with van der Waals surface area (Å²) in [7, 11) is 1.43. The third-order valence-corrected chi connectivity index (χ3v) is 3.86. The highest BCUT2D eigenvalue weighted by atomic mass is 16.5. The average Bonchev–Trinajstić information content (AvgIpc) is 3.00. The molecular formula is C20H18N2O5. The van der Waals surface area contributed by atoms with E-state index in [9.17, 15) is 14.7 Å². The molecule has 0 aliphatic carbocycles. The molecule has 27 heavy (non-hydrogen) atoms. The number of amides is 1. The zero-order valence-electron chi connectivity index (χ0n) is 14.9. The first-order valence-corrected chi connectivity index (χ1v) is 8.29. The number of anilines is 1. The molecule has 0 spiro atoms. The van der Waals surface area contributed by atoms with Gasteiger partial charge in [-0.3, -0.25) is 4.79 Å². The van der Waals surface area contributed by atoms with Gasteiger partial charge in [0.15, 0.2) is 17.2 Å². The Bertz CT molecular complexity index is 935. The van der Waals surface area contributed by atoms with Gasteiger partial charge < -0.3 is 14.6 Å². The SMILES string of the molecule is CCOC(=O)C1=NN(c2ccccc2)C(=O)C1=Cc1ccc(O)c(OC)c1. The molecule has 0 saturated carbocycles. The topological polar surface area (TPSA) is 88.4 Å². The first-order chi connectivity index (χ1) is 13.0. The molecule has 7 heteroatoms. The number of nitrogens with zero attached hydrogens (tertiary/aromatic N) is 2. The van der Waals surface area contributed by atoms with Gasteiger partial charge in [-0.1, -0.05) is 24.3 Å². The van der Waals surface area contributed by atoms with Crippen LogP contribution >= 0.6 is 0 Å². The minimum Gasteiger partial charge on any atom is -0.504 e. The summed E-state index contributed by atoms with van der Waals surface area (Å²) >= 11 is 0. The fourth-order valence-electron chi connectivity index (χ4n) is 2.59. The molecule has 0 aromatic heterocycles. The molecular weight excluding hydrogens is 348 g/mol. The number of phenolic OH excluding ortho intramolecular Hbond substituents is 1. The number of ether oxygens (including phenoxy) is 2. The molecule has 0 saturated heterocycles. The van der Waals surface area contributed by atoms with E-state index in [1.165, 1.54) is 19.3 Å². The number of aromatic hydroxyl groups is 1. The van der Waals surface area contributed by atoms with E-state index in [1.807, 2.05) is 6.07 Å². The van der Waals surface area contributed by atoms with E-state index >= 15 is 0 Å². The Morgan fingerprint density at radius 1 is 1.22 bits per heavy atom. The lowest BCUT2D eigenvalue weighted by molar-refractivity contribution is -0.135. The molecule has 1 aliphatic heterocycles. The van der Waals surface area contributed by atoms with Gasteiger partial charge in [-0.2, -0.15) is 10.1 Å². The van der Waals surface area contributed by atoms with Crippen LogP contribution in [0.4, 0.5) is 5.69 Å². The van der Waals surface area contributed by atoms with Gasteiger partial charge in [0.25, 0.3) is 5.91 Å². The second kappa shape index (κ2) is 7.74. The number of benzene rings is 2. The van der Waals surface area contributed by atoms with Gasteiger partial charge in [-0.05, 0) is 42.8 Å². The van der Waals surface area contributed by atoms with Gasteiger partial charge in [0, 0.05) is 0 Å². The van der Waals surface area contributed by atoms with E-state index in [2.05, 4.69) is 5.10 Å². The van der Waals surface area contributed by atoms with Gasteiger partial charge in [0.1, 0.15) is 0 Å². The fourth-order valence-corrected chi connectivity index (χ4v) is 2.59. The first-order valence-electron chi connectivity index (χ1n) is 8.29. The molecule has 2 aromatic rings. The number of hydrogen-bond donors (Lipinski definition) is 1. The Morgan fingerprint density at radius 3 is 2.63 bits per heavy atom. The molecule has 0 fully saturated rings. The Labute approximate surface area is 156 Å². The maximum absolute atomic E-state index is 12.9. The van der Waals surface area contributed by atoms with E-state index in [0.29, 0.717) is 11.3 Å². The number of esters is 1. The smallest absolute Gasteiger partial charge is 0.359 e. The second-order valence-corrected chi connectivity index (χ2v) is 5.61. The summed E-state index contributed by atoms with van der Waals surface area (Å²) < 4.78 is 10.1. The first kappa shape index (κ1) is 18.2. The van der Waals surface area contributed by atoms with Crippen molar-refractivity contribution in [1.82, 2.24) is 0 Å². The highest BCUT2D eigenvalue weighted by Gasteiger charge is 2.36. The summed E-state index contributed by atoms with van der Waals surface area (Å²) in [4.78, 5) is 25.2. The molecule has 138 valence electrons. The van der Waals surface area contributed by atoms with Crippen molar-refractivity contribution in [3.05, 3.63) is 59.7 Å². The van der Waals surface area contributed by atoms with Gasteiger partial charge in [-0.25, -0.2) is 4.79 Å². The minimum absolute atomic E-state index is 0.0254. The third-order valence-electron chi connectivity index (χ3n) is 3.86. The van der Waals surface area contributed by atoms with Gasteiger partial charge in [0.05, 0.1) is 25.0 Å². The molecule has 2 aromatic carbocycles. The molecule has 0 atom stereocenters. The standard InChI is InChI=1S/C20H18N2O5/c1-3-27-20(25)18-15(11-13-9-10-16(23)17(12-13)26-2)19(24)22(21-18)14-7-5-4-6-8-14/h4-12,23H,3H2,1-2H3. The predicted molar refractivity (Wildman–Crippen MR) is 101 cm³/mol. The summed E-state index contributed by atoms with van der Waals surface area (Å²) in [5, 5.41) is 15.1. The van der Waals surface area contributed by atoms with Crippen molar-refractivity contribution in [1.29, 1.82) is 0 Å². The lowest BCUT2D eigenvalue weighted by Crippen LogP contribution is -2.22. The van der Waals surface area contributed by atoms with Gasteiger partial charge in [0.2, 0.25) is 0 Å². The number of carbonyl (C=O) groups excluding carboxylic acids is 2. The summed E-state index contributed by atoms with van der Waals surface area (Å²) in [6, 6.07) is 13.4. The van der Waals surface area contributed by atoms with Crippen LogP contribution in [-0.2, 0) is 14.3 Å². The Morgan fingerprint density at radius 2 is 1.96 bits per heavy atom. The number of hydrazone groups is 1. The van der Waals surface area contributed by atoms with Gasteiger partial charge >= 0.3 is 5.97 Å². The highest BCUT2D eigenvalue weighted by Crippen LogP contribution is 2.29. The number of para-hydroxylation sites is 1. The van der Waals surface area contributed by atoms with Crippen molar-refractivity contribution in [2.75, 3.05) is 18.7 Å². The van der Waals surface area contributed by atoms with Gasteiger partial charge in [-0.15, -0.1) is 0 Å². The van der Waals surface area contributed by atoms with Crippen LogP contribution in [0.15, 0.2) is 59.2 Å². The lowest BCUT2D eigenvalue weighted by Gasteiger charge is -2.11. The van der Waals surface area contributed by atoms with E-state index < -0.39 is 11.9 Å². The molecule has 1 amide bonds. The van der Waals surface area contributed by atoms with Crippen LogP contribution in [0.1, 0.15) is 12.5 Å². The quantitative estimate of drug-likeness (QED) is 0.649. The summed E-state index contributed by atoms with van der Waals surface area (Å²) in [5.74, 6) is -0.899. The van der Waals surface area contributed by atoms with E-state index in [1.54, 1.807) is 43.3 Å². The van der Waals surface area contributed by atoms with Crippen LogP contribution in [0.5, 0.6) is 11.5 Å². The third kappa shape index (κ3) is 3.67. The zero-order chi connectivity index (χ0) is 19.4. The van der Waals surface area contributed by atoms with Crippen LogP contribution in [-0.4, -0.2) is 36.4 Å². The van der Waals surface area contributed by atoms with Crippen molar-refractivity contribution < 1.29 is 24.2 Å². The van der Waals surface area contributed by atoms with Crippen LogP contribution in [0.3, 0.4) is 0 Å². The van der Waals surface area contributed by atoms with Crippen molar-refractivity contribution >= 4 is 29.4 Å². The molecule has 1 N–H and O–H groups in total. The van der Waals surface area contributed by atoms with Crippen molar-refractivity contribution in [3.63, 3.8) is 0 Å². The maximum Gasteiger partial charge on any atom is 0.359 e. The number of methoxy groups -OCH3 is 1. The van der Waals surface area contributed by atoms with E-state index in [0.717, 1.165) is 5.01 Å². The Kier molecular flexibility index (Phi) is 5.21. The monoisotopic (exact) mass is 366 g/mol. The Balaban J connectivity index is 2.05. The molecule has 0 unspecified atom stereocenters. The molecule has 7 nitrogen and oxygen atoms in total. The summed E-state index contributed by atoms with van der Waals surface area (Å²) in [6.07, 6.45) is 1.52. The number of carbonyl (C=O) groups is 2. The lowest BCUT2D eigenvalue weighted by atomic mass is 10.1. The second-order valence-electron chi connectivity index (χ2n) is 5.61. The largest absolute Gasteiger partial charge is 0.504 e. The van der Waals surface area contributed by atoms with E-state index in [-0.39, 0.29) is 29.4 Å². The number of phenols is 1. The predicted octanol–water partition coefficient (Wildman–Crippen LogP) is 2.75. The van der Waals surface area contributed by atoms with Crippen molar-refractivity contribution in [3.8, 4) is 11.5 Å². The normalized spacial score (nSPS) is 15.0. The van der Waals surface area contributed by atoms with Crippen LogP contribution in [0, 0.1) is 0 Å². The van der Waals surface area contributed by atoms with Crippen LogP contribution in [0.25, 0.3) is 6.08 Å². The molecule has 0 radical (unpaired) electrons. The number of rotatable bonds is 5. The Hall–Kier alpha value is -3.61. The average molecular weight is 366 g/mol. The molecule has 1 aliphatic rings. The minimum atomic E-state index is -0.679. The van der Waals surface area contributed by atoms with Crippen LogP contribution < -0.4 is 9.75 Å². The van der Waals surface area contributed by atoms with Crippen molar-refractivity contribution in [2.45, 2.75) is 6.92 Å². The molecule has 0 bridgehead atoms. The molecule has 3 rings (SSSR count). The molecule has 1 heterocycles. The van der Waals surface area contributed by atoms with Crippen molar-refractivity contribution in [2.24, 2.45) is 5.10 Å². The zero-order valence-corrected chi connectivity index (χ0v) is 14.9. The summed E-state index contributed by atoms with van der Waals surface area (Å²) in [5.41, 5.74) is 1.14. The fraction of sp³-hybridized carbons (Fsp3) is 0.150. The van der Waals surface area contributed by atoms with Crippen LogP contribution in [0.2, 0.25) is 0 Å². The van der Waals surface area contributed by atoms with E-state index in [4.69, 9.17) is 9.47 Å². The summed E-state index contributed by atoms with van der Waals surface area (Å²) in [6.45, 7) is 1.84. The number of hydrogen-bond acceptors (Lipinski definition) is 6. The highest BCUT2D eigenvalue weighted by molar-refractivity contribution is 6.54.